The third-order valence-corrected chi connectivity index (χ3v) is 3.07. The van der Waals surface area contributed by atoms with E-state index in [2.05, 4.69) is 21.5 Å². The van der Waals surface area contributed by atoms with Crippen LogP contribution in [0.2, 0.25) is 0 Å². The Labute approximate surface area is 107 Å². The molecule has 0 bridgehead atoms. The van der Waals surface area contributed by atoms with Gasteiger partial charge in [0.25, 0.3) is 0 Å². The van der Waals surface area contributed by atoms with E-state index in [4.69, 9.17) is 4.42 Å². The fourth-order valence-electron chi connectivity index (χ4n) is 1.32. The van der Waals surface area contributed by atoms with Crippen LogP contribution in [0.3, 0.4) is 0 Å². The predicted molar refractivity (Wildman–Crippen MR) is 75.1 cm³/mol. The number of hydrogen-bond donors (Lipinski definition) is 1. The van der Waals surface area contributed by atoms with Crippen LogP contribution in [0.4, 0.5) is 11.8 Å². The van der Waals surface area contributed by atoms with E-state index in [1.165, 1.54) is 0 Å². The topological polar surface area (TPSA) is 44.0 Å². The van der Waals surface area contributed by atoms with Crippen molar-refractivity contribution in [2.24, 2.45) is 4.99 Å². The van der Waals surface area contributed by atoms with Crippen LogP contribution in [0.15, 0.2) is 21.5 Å². The van der Waals surface area contributed by atoms with Crippen molar-refractivity contribution < 1.29 is 4.42 Å². The van der Waals surface area contributed by atoms with Gasteiger partial charge >= 0.3 is 0 Å². The molecule has 0 unspecified atom stereocenters. The van der Waals surface area contributed by atoms with Gasteiger partial charge in [-0.2, -0.15) is 4.99 Å². The molecule has 0 aromatic carbocycles. The molecule has 0 amide bonds. The summed E-state index contributed by atoms with van der Waals surface area (Å²) >= 11 is 1.62. The van der Waals surface area contributed by atoms with E-state index in [1.54, 1.807) is 11.9 Å². The number of anilines is 1. The van der Waals surface area contributed by atoms with E-state index in [9.17, 15) is 0 Å². The summed E-state index contributed by atoms with van der Waals surface area (Å²) in [7, 11) is 5.73. The normalized spacial score (nSPS) is 11.5. The summed E-state index contributed by atoms with van der Waals surface area (Å²) in [4.78, 5) is 6.35. The van der Waals surface area contributed by atoms with E-state index in [1.807, 2.05) is 44.4 Å². The maximum atomic E-state index is 5.58. The monoisotopic (exact) mass is 256 g/mol. The maximum absolute atomic E-state index is 5.58. The van der Waals surface area contributed by atoms with Gasteiger partial charge in [0.15, 0.2) is 5.88 Å². The molecule has 1 aromatic heterocycles. The van der Waals surface area contributed by atoms with Crippen LogP contribution in [0.5, 0.6) is 0 Å². The van der Waals surface area contributed by atoms with E-state index in [0.29, 0.717) is 5.88 Å². The van der Waals surface area contributed by atoms with Gasteiger partial charge in [-0.25, -0.2) is 0 Å². The number of nitrogens with one attached hydrogen (secondary N) is 1. The van der Waals surface area contributed by atoms with Gasteiger partial charge in [-0.3, -0.25) is 4.31 Å². The van der Waals surface area contributed by atoms with Gasteiger partial charge < -0.3 is 14.6 Å². The van der Waals surface area contributed by atoms with Crippen LogP contribution >= 0.6 is 11.9 Å². The Balaban J connectivity index is 2.89. The quantitative estimate of drug-likeness (QED) is 0.508. The van der Waals surface area contributed by atoms with Crippen molar-refractivity contribution in [1.29, 1.82) is 0 Å². The molecule has 0 spiro atoms. The summed E-state index contributed by atoms with van der Waals surface area (Å²) in [5, 5.41) is 3.07. The smallest absolute Gasteiger partial charge is 0.224 e. The van der Waals surface area contributed by atoms with E-state index >= 15 is 0 Å². The summed E-state index contributed by atoms with van der Waals surface area (Å²) in [6.45, 7) is 2.96. The largest absolute Gasteiger partial charge is 0.423 e. The second kappa shape index (κ2) is 6.44. The first-order valence-corrected chi connectivity index (χ1v) is 6.65. The molecular weight excluding hydrogens is 236 g/mol. The average Bonchev–Trinajstić information content (AvgIpc) is 2.78. The Kier molecular flexibility index (Phi) is 5.21. The molecule has 0 aliphatic carbocycles. The zero-order valence-electron chi connectivity index (χ0n) is 11.0. The third-order valence-electron chi connectivity index (χ3n) is 2.20. The molecular formula is C11H20N4OS. The van der Waals surface area contributed by atoms with Gasteiger partial charge in [-0.1, -0.05) is 11.9 Å². The number of furan rings is 1. The summed E-state index contributed by atoms with van der Waals surface area (Å²) < 4.78 is 7.63. The Hall–Kier alpha value is -1.30. The molecule has 1 heterocycles. The molecule has 96 valence electrons. The minimum absolute atomic E-state index is 0.602. The van der Waals surface area contributed by atoms with Crippen molar-refractivity contribution in [3.05, 3.63) is 12.1 Å². The number of nitrogens with zero attached hydrogens (tertiary/aromatic N) is 3. The van der Waals surface area contributed by atoms with Gasteiger partial charge in [0.05, 0.1) is 0 Å². The van der Waals surface area contributed by atoms with Crippen LogP contribution in [0, 0.1) is 0 Å². The Bertz CT molecular complexity index is 371. The Morgan fingerprint density at radius 2 is 2.18 bits per heavy atom. The van der Waals surface area contributed by atoms with Crippen molar-refractivity contribution in [2.75, 3.05) is 38.8 Å². The molecule has 0 saturated carbocycles. The predicted octanol–water partition coefficient (Wildman–Crippen LogP) is 2.15. The van der Waals surface area contributed by atoms with Crippen LogP contribution in [0.25, 0.3) is 0 Å². The lowest BCUT2D eigenvalue weighted by molar-refractivity contribution is 0.571. The minimum Gasteiger partial charge on any atom is -0.423 e. The number of aliphatic imine (C=N–C) groups is 1. The van der Waals surface area contributed by atoms with E-state index in [-0.39, 0.29) is 0 Å². The molecule has 6 heteroatoms. The molecule has 0 atom stereocenters. The van der Waals surface area contributed by atoms with Crippen molar-refractivity contribution in [1.82, 2.24) is 9.62 Å². The summed E-state index contributed by atoms with van der Waals surface area (Å²) in [5.41, 5.74) is 0. The lowest BCUT2D eigenvalue weighted by Gasteiger charge is -2.20. The number of guanidine groups is 1. The summed E-state index contributed by atoms with van der Waals surface area (Å²) in [5.74, 6) is 2.19. The second-order valence-corrected chi connectivity index (χ2v) is 4.37. The summed E-state index contributed by atoms with van der Waals surface area (Å²) in [6, 6.07) is 3.77. The zero-order valence-corrected chi connectivity index (χ0v) is 11.8. The molecule has 0 fully saturated rings. The second-order valence-electron chi connectivity index (χ2n) is 3.57. The molecule has 17 heavy (non-hydrogen) atoms. The molecule has 0 aliphatic heterocycles. The van der Waals surface area contributed by atoms with Gasteiger partial charge in [0, 0.05) is 46.1 Å². The number of rotatable bonds is 4. The Morgan fingerprint density at radius 3 is 2.59 bits per heavy atom. The Morgan fingerprint density at radius 1 is 1.47 bits per heavy atom. The maximum Gasteiger partial charge on any atom is 0.224 e. The lowest BCUT2D eigenvalue weighted by Crippen LogP contribution is -2.34. The molecule has 5 nitrogen and oxygen atoms in total. The van der Waals surface area contributed by atoms with Crippen molar-refractivity contribution in [3.8, 4) is 0 Å². The first kappa shape index (κ1) is 13.8. The molecule has 1 aromatic rings. The van der Waals surface area contributed by atoms with Crippen LogP contribution in [-0.4, -0.2) is 44.2 Å². The number of hydrogen-bond acceptors (Lipinski definition) is 4. The fourth-order valence-corrected chi connectivity index (χ4v) is 1.89. The van der Waals surface area contributed by atoms with E-state index < -0.39 is 0 Å². The van der Waals surface area contributed by atoms with Crippen LogP contribution < -0.4 is 10.2 Å². The molecule has 0 aliphatic rings. The van der Waals surface area contributed by atoms with Gasteiger partial charge in [0.2, 0.25) is 11.8 Å². The zero-order chi connectivity index (χ0) is 12.8. The highest BCUT2D eigenvalue weighted by Crippen LogP contribution is 2.23. The van der Waals surface area contributed by atoms with Gasteiger partial charge in [-0.05, 0) is 6.92 Å². The lowest BCUT2D eigenvalue weighted by atomic mass is 10.5. The van der Waals surface area contributed by atoms with Gasteiger partial charge in [-0.15, -0.1) is 0 Å². The van der Waals surface area contributed by atoms with Crippen LogP contribution in [0.1, 0.15) is 6.92 Å². The van der Waals surface area contributed by atoms with Crippen molar-refractivity contribution >= 4 is 29.7 Å². The van der Waals surface area contributed by atoms with E-state index in [0.717, 1.165) is 18.4 Å². The fraction of sp³-hybridized carbons (Fsp3) is 0.545. The first-order chi connectivity index (χ1) is 8.12. The SMILES string of the molecule is CCN(SC)C(=Nc1ccc(N(C)C)o1)NC. The standard InChI is InChI=1S/C11H20N4OS/c1-6-15(17-5)11(12-2)13-9-7-8-10(16-9)14(3)4/h7-8H,6H2,1-5H3,(H,12,13). The summed E-state index contributed by atoms with van der Waals surface area (Å²) in [6.07, 6.45) is 2.02. The molecule has 1 rings (SSSR count). The molecule has 1 N–H and O–H groups in total. The molecule has 0 saturated heterocycles. The minimum atomic E-state index is 0.602. The third kappa shape index (κ3) is 3.59. The first-order valence-electron chi connectivity index (χ1n) is 5.47. The van der Waals surface area contributed by atoms with Gasteiger partial charge in [0.1, 0.15) is 0 Å². The highest BCUT2D eigenvalue weighted by Gasteiger charge is 2.08. The average molecular weight is 256 g/mol. The molecule has 0 radical (unpaired) electrons. The van der Waals surface area contributed by atoms with Crippen LogP contribution in [-0.2, 0) is 0 Å². The van der Waals surface area contributed by atoms with Crippen molar-refractivity contribution in [2.45, 2.75) is 6.92 Å². The highest BCUT2D eigenvalue weighted by atomic mass is 32.2. The van der Waals surface area contributed by atoms with Crippen molar-refractivity contribution in [3.63, 3.8) is 0 Å². The highest BCUT2D eigenvalue weighted by molar-refractivity contribution is 7.96.